The number of halogens is 1. The predicted octanol–water partition coefficient (Wildman–Crippen LogP) is 1.00. The number of aromatic nitrogens is 4. The molecule has 1 unspecified atom stereocenters. The van der Waals surface area contributed by atoms with Gasteiger partial charge in [-0.1, -0.05) is 10.2 Å². The zero-order valence-electron chi connectivity index (χ0n) is 9.38. The standard InChI is InChI=1S/C10H12ClN5O2/c11-5-8(17)6-12-7-1-3-9(4-2-7)18-10-13-15-16-14-10/h1-4,8,12,17H,5-6H2,(H,13,14,15,16). The van der Waals surface area contributed by atoms with Crippen molar-refractivity contribution < 1.29 is 9.84 Å². The van der Waals surface area contributed by atoms with Gasteiger partial charge in [-0.25, -0.2) is 0 Å². The molecule has 7 nitrogen and oxygen atoms in total. The first-order valence-electron chi connectivity index (χ1n) is 5.27. The smallest absolute Gasteiger partial charge is 0.361 e. The highest BCUT2D eigenvalue weighted by atomic mass is 35.5. The molecule has 1 heterocycles. The highest BCUT2D eigenvalue weighted by Crippen LogP contribution is 2.19. The predicted molar refractivity (Wildman–Crippen MR) is 65.9 cm³/mol. The molecular formula is C10H12ClN5O2. The van der Waals surface area contributed by atoms with Crippen LogP contribution in [0.15, 0.2) is 24.3 Å². The summed E-state index contributed by atoms with van der Waals surface area (Å²) in [6.07, 6.45) is -0.568. The molecule has 0 spiro atoms. The van der Waals surface area contributed by atoms with Crippen LogP contribution in [0.5, 0.6) is 11.8 Å². The average Bonchev–Trinajstić information content (AvgIpc) is 2.90. The van der Waals surface area contributed by atoms with Crippen LogP contribution in [0, 0.1) is 0 Å². The highest BCUT2D eigenvalue weighted by Gasteiger charge is 2.03. The number of ether oxygens (including phenoxy) is 1. The molecule has 0 bridgehead atoms. The van der Waals surface area contributed by atoms with Crippen molar-refractivity contribution in [3.63, 3.8) is 0 Å². The average molecular weight is 270 g/mol. The summed E-state index contributed by atoms with van der Waals surface area (Å²) in [7, 11) is 0. The zero-order valence-corrected chi connectivity index (χ0v) is 10.1. The first kappa shape index (κ1) is 12.6. The minimum Gasteiger partial charge on any atom is -0.422 e. The summed E-state index contributed by atoms with van der Waals surface area (Å²) in [6, 6.07) is 7.30. The third-order valence-corrected chi connectivity index (χ3v) is 2.47. The second kappa shape index (κ2) is 6.18. The van der Waals surface area contributed by atoms with Crippen molar-refractivity contribution in [3.8, 4) is 11.8 Å². The van der Waals surface area contributed by atoms with Gasteiger partial charge in [0, 0.05) is 12.2 Å². The van der Waals surface area contributed by atoms with Crippen molar-refractivity contribution in [2.24, 2.45) is 0 Å². The van der Waals surface area contributed by atoms with Gasteiger partial charge in [-0.3, -0.25) is 0 Å². The van der Waals surface area contributed by atoms with Crippen molar-refractivity contribution in [2.75, 3.05) is 17.7 Å². The summed E-state index contributed by atoms with van der Waals surface area (Å²) in [4.78, 5) is 0. The van der Waals surface area contributed by atoms with E-state index in [4.69, 9.17) is 16.3 Å². The normalized spacial score (nSPS) is 12.1. The van der Waals surface area contributed by atoms with E-state index in [1.165, 1.54) is 0 Å². The topological polar surface area (TPSA) is 96.0 Å². The Morgan fingerprint density at radius 2 is 2.17 bits per heavy atom. The van der Waals surface area contributed by atoms with Gasteiger partial charge in [0.25, 0.3) is 0 Å². The van der Waals surface area contributed by atoms with Gasteiger partial charge in [0.2, 0.25) is 0 Å². The Balaban J connectivity index is 1.89. The van der Waals surface area contributed by atoms with Gasteiger partial charge in [0.05, 0.1) is 12.0 Å². The van der Waals surface area contributed by atoms with Crippen molar-refractivity contribution in [2.45, 2.75) is 6.10 Å². The van der Waals surface area contributed by atoms with E-state index in [1.54, 1.807) is 12.1 Å². The van der Waals surface area contributed by atoms with Crippen molar-refractivity contribution in [1.29, 1.82) is 0 Å². The molecule has 1 atom stereocenters. The third-order valence-electron chi connectivity index (χ3n) is 2.11. The molecule has 0 aliphatic carbocycles. The lowest BCUT2D eigenvalue weighted by Gasteiger charge is -2.10. The number of alkyl halides is 1. The molecule has 0 saturated heterocycles. The number of nitrogens with zero attached hydrogens (tertiary/aromatic N) is 3. The Labute approximate surface area is 108 Å². The monoisotopic (exact) mass is 269 g/mol. The minimum atomic E-state index is -0.568. The quantitative estimate of drug-likeness (QED) is 0.677. The first-order valence-corrected chi connectivity index (χ1v) is 5.80. The number of aliphatic hydroxyl groups is 1. The summed E-state index contributed by atoms with van der Waals surface area (Å²) in [5.74, 6) is 0.797. The number of anilines is 1. The molecule has 0 amide bonds. The van der Waals surface area contributed by atoms with Crippen LogP contribution in [-0.4, -0.2) is 44.3 Å². The Hall–Kier alpha value is -1.86. The Morgan fingerprint density at radius 3 is 2.78 bits per heavy atom. The number of H-pyrrole nitrogens is 1. The van der Waals surface area contributed by atoms with E-state index in [0.29, 0.717) is 12.3 Å². The van der Waals surface area contributed by atoms with Gasteiger partial charge in [0.15, 0.2) is 0 Å². The zero-order chi connectivity index (χ0) is 12.8. The molecule has 1 aromatic carbocycles. The molecule has 2 rings (SSSR count). The maximum Gasteiger partial charge on any atom is 0.361 e. The number of hydrogen-bond donors (Lipinski definition) is 3. The van der Waals surface area contributed by atoms with Gasteiger partial charge >= 0.3 is 6.01 Å². The summed E-state index contributed by atoms with van der Waals surface area (Å²) in [5, 5.41) is 25.4. The van der Waals surface area contributed by atoms with Crippen LogP contribution in [0.1, 0.15) is 0 Å². The number of tetrazole rings is 1. The molecule has 3 N–H and O–H groups in total. The lowest BCUT2D eigenvalue weighted by molar-refractivity contribution is 0.211. The summed E-state index contributed by atoms with van der Waals surface area (Å²) in [6.45, 7) is 0.397. The molecule has 0 saturated carbocycles. The maximum absolute atomic E-state index is 9.30. The van der Waals surface area contributed by atoms with Crippen molar-refractivity contribution >= 4 is 17.3 Å². The Morgan fingerprint density at radius 1 is 1.39 bits per heavy atom. The minimum absolute atomic E-state index is 0.160. The van der Waals surface area contributed by atoms with Crippen LogP contribution in [0.3, 0.4) is 0 Å². The molecule has 96 valence electrons. The Kier molecular flexibility index (Phi) is 4.32. The van der Waals surface area contributed by atoms with Crippen LogP contribution >= 0.6 is 11.6 Å². The lowest BCUT2D eigenvalue weighted by Crippen LogP contribution is -2.20. The number of hydrogen-bond acceptors (Lipinski definition) is 6. The summed E-state index contributed by atoms with van der Waals surface area (Å²) < 4.78 is 5.31. The first-order chi connectivity index (χ1) is 8.78. The number of nitrogens with one attached hydrogen (secondary N) is 2. The largest absolute Gasteiger partial charge is 0.422 e. The van der Waals surface area contributed by atoms with Crippen molar-refractivity contribution in [1.82, 2.24) is 20.6 Å². The lowest BCUT2D eigenvalue weighted by atomic mass is 10.3. The van der Waals surface area contributed by atoms with E-state index in [0.717, 1.165) is 5.69 Å². The van der Waals surface area contributed by atoms with E-state index in [2.05, 4.69) is 25.9 Å². The fourth-order valence-corrected chi connectivity index (χ4v) is 1.34. The molecule has 1 aromatic heterocycles. The number of aliphatic hydroxyl groups excluding tert-OH is 1. The summed E-state index contributed by atoms with van der Waals surface area (Å²) in [5.41, 5.74) is 0.861. The fraction of sp³-hybridized carbons (Fsp3) is 0.300. The van der Waals surface area contributed by atoms with Crippen LogP contribution in [0.2, 0.25) is 0 Å². The van der Waals surface area contributed by atoms with Crippen molar-refractivity contribution in [3.05, 3.63) is 24.3 Å². The van der Waals surface area contributed by atoms with Crippen LogP contribution < -0.4 is 10.1 Å². The van der Waals surface area contributed by atoms with Gasteiger partial charge in [-0.05, 0) is 29.5 Å². The molecule has 0 fully saturated rings. The molecule has 18 heavy (non-hydrogen) atoms. The fourth-order valence-electron chi connectivity index (χ4n) is 1.23. The van der Waals surface area contributed by atoms with E-state index in [9.17, 15) is 5.11 Å². The SMILES string of the molecule is OC(CCl)CNc1ccc(Oc2nn[nH]n2)cc1. The van der Waals surface area contributed by atoms with Crippen LogP contribution in [-0.2, 0) is 0 Å². The molecule has 0 aliphatic rings. The number of aromatic amines is 1. The second-order valence-electron chi connectivity index (χ2n) is 3.51. The van der Waals surface area contributed by atoms with E-state index < -0.39 is 6.10 Å². The molecular weight excluding hydrogens is 258 g/mol. The van der Waals surface area contributed by atoms with E-state index in [-0.39, 0.29) is 11.9 Å². The van der Waals surface area contributed by atoms with Gasteiger partial charge in [-0.15, -0.1) is 11.6 Å². The number of rotatable bonds is 6. The van der Waals surface area contributed by atoms with E-state index in [1.807, 2.05) is 12.1 Å². The third kappa shape index (κ3) is 3.57. The van der Waals surface area contributed by atoms with Gasteiger partial charge in [0.1, 0.15) is 5.75 Å². The highest BCUT2D eigenvalue weighted by molar-refractivity contribution is 6.18. The molecule has 8 heteroatoms. The van der Waals surface area contributed by atoms with Crippen LogP contribution in [0.4, 0.5) is 5.69 Å². The van der Waals surface area contributed by atoms with Gasteiger partial charge < -0.3 is 15.2 Å². The number of benzene rings is 1. The molecule has 0 aliphatic heterocycles. The van der Waals surface area contributed by atoms with E-state index >= 15 is 0 Å². The maximum atomic E-state index is 9.30. The molecule has 0 radical (unpaired) electrons. The second-order valence-corrected chi connectivity index (χ2v) is 3.82. The van der Waals surface area contributed by atoms with Crippen LogP contribution in [0.25, 0.3) is 0 Å². The summed E-state index contributed by atoms with van der Waals surface area (Å²) >= 11 is 5.49. The molecule has 2 aromatic rings. The Bertz CT molecular complexity index is 462. The van der Waals surface area contributed by atoms with Gasteiger partial charge in [-0.2, -0.15) is 5.21 Å².